The van der Waals surface area contributed by atoms with Crippen molar-refractivity contribution in [1.29, 1.82) is 0 Å². The predicted octanol–water partition coefficient (Wildman–Crippen LogP) is 5.85. The molecule has 4 rings (SSSR count). The van der Waals surface area contributed by atoms with Crippen molar-refractivity contribution in [3.8, 4) is 0 Å². The van der Waals surface area contributed by atoms with E-state index in [0.29, 0.717) is 0 Å². The van der Waals surface area contributed by atoms with Gasteiger partial charge in [0, 0.05) is 18.2 Å². The molecule has 2 amide bonds. The van der Waals surface area contributed by atoms with Crippen LogP contribution in [0.2, 0.25) is 5.02 Å². The number of carbonyl (C=O) groups is 2. The first-order chi connectivity index (χ1) is 19.6. The lowest BCUT2D eigenvalue weighted by Crippen LogP contribution is -2.53. The first-order valence-corrected chi connectivity index (χ1v) is 15.6. The summed E-state index contributed by atoms with van der Waals surface area (Å²) in [5.41, 5.74) is 1.20. The average Bonchev–Trinajstić information content (AvgIpc) is 2.96. The van der Waals surface area contributed by atoms with Crippen LogP contribution in [-0.4, -0.2) is 43.8 Å². The van der Waals surface area contributed by atoms with E-state index in [1.165, 1.54) is 47.4 Å². The summed E-state index contributed by atoms with van der Waals surface area (Å²) in [5.74, 6) is -1.57. The lowest BCUT2D eigenvalue weighted by Gasteiger charge is -2.33. The molecule has 0 heterocycles. The van der Waals surface area contributed by atoms with Crippen molar-refractivity contribution in [3.63, 3.8) is 0 Å². The van der Waals surface area contributed by atoms with Crippen LogP contribution in [0.1, 0.15) is 50.2 Å². The summed E-state index contributed by atoms with van der Waals surface area (Å²) >= 11 is 6.43. The maximum atomic E-state index is 14.7. The molecule has 218 valence electrons. The van der Waals surface area contributed by atoms with Crippen molar-refractivity contribution in [1.82, 2.24) is 10.2 Å². The van der Waals surface area contributed by atoms with Crippen LogP contribution >= 0.6 is 11.6 Å². The molecule has 1 aliphatic carbocycles. The van der Waals surface area contributed by atoms with Gasteiger partial charge < -0.3 is 10.2 Å². The highest BCUT2D eigenvalue weighted by atomic mass is 35.5. The molecule has 1 fully saturated rings. The predicted molar refractivity (Wildman–Crippen MR) is 159 cm³/mol. The highest BCUT2D eigenvalue weighted by Crippen LogP contribution is 2.31. The minimum absolute atomic E-state index is 0.00523. The van der Waals surface area contributed by atoms with Gasteiger partial charge >= 0.3 is 0 Å². The van der Waals surface area contributed by atoms with Crippen LogP contribution in [0.4, 0.5) is 10.1 Å². The molecular formula is C31H35ClFN3O4S. The summed E-state index contributed by atoms with van der Waals surface area (Å²) in [7, 11) is -4.24. The average molecular weight is 600 g/mol. The van der Waals surface area contributed by atoms with Crippen LogP contribution in [-0.2, 0) is 26.2 Å². The number of hydrogen-bond acceptors (Lipinski definition) is 4. The lowest BCUT2D eigenvalue weighted by molar-refractivity contribution is -0.139. The molecule has 3 aromatic carbocycles. The second kappa shape index (κ2) is 13.5. The summed E-state index contributed by atoms with van der Waals surface area (Å²) in [6.45, 7) is 2.55. The molecule has 1 atom stereocenters. The first-order valence-electron chi connectivity index (χ1n) is 13.7. The number of hydrogen-bond donors (Lipinski definition) is 1. The van der Waals surface area contributed by atoms with Gasteiger partial charge in [0.05, 0.1) is 15.6 Å². The topological polar surface area (TPSA) is 86.8 Å². The van der Waals surface area contributed by atoms with Crippen LogP contribution in [0.25, 0.3) is 0 Å². The third-order valence-electron chi connectivity index (χ3n) is 7.43. The Morgan fingerprint density at radius 3 is 2.27 bits per heavy atom. The Morgan fingerprint density at radius 1 is 0.976 bits per heavy atom. The Kier molecular flexibility index (Phi) is 10.0. The number of para-hydroxylation sites is 1. The number of halogens is 2. The second-order valence-electron chi connectivity index (χ2n) is 10.4. The van der Waals surface area contributed by atoms with Crippen LogP contribution in [0.5, 0.6) is 0 Å². The molecule has 0 saturated heterocycles. The van der Waals surface area contributed by atoms with Crippen molar-refractivity contribution in [2.75, 3.05) is 10.8 Å². The standard InChI is InChI=1S/C31H35ClFN3O4S/c1-22-16-18-26(19-17-22)41(39,40)36(29-15-9-7-13-27(29)32)21-30(37)35(20-24-10-6-8-14-28(24)33)23(2)31(38)34-25-11-4-3-5-12-25/h6-10,13-19,23,25H,3-5,11-12,20-21H2,1-2H3,(H,34,38). The number of rotatable bonds is 10. The molecule has 0 spiro atoms. The van der Waals surface area contributed by atoms with Crippen molar-refractivity contribution in [3.05, 3.63) is 94.8 Å². The van der Waals surface area contributed by atoms with Crippen LogP contribution < -0.4 is 9.62 Å². The summed E-state index contributed by atoms with van der Waals surface area (Å²) < 4.78 is 43.4. The number of nitrogens with one attached hydrogen (secondary N) is 1. The van der Waals surface area contributed by atoms with Crippen molar-refractivity contribution in [2.45, 2.75) is 69.5 Å². The van der Waals surface area contributed by atoms with E-state index in [9.17, 15) is 22.4 Å². The molecule has 7 nitrogen and oxygen atoms in total. The van der Waals surface area contributed by atoms with E-state index in [1.54, 1.807) is 37.3 Å². The number of benzene rings is 3. The fraction of sp³-hybridized carbons (Fsp3) is 0.355. The van der Waals surface area contributed by atoms with Gasteiger partial charge in [-0.2, -0.15) is 0 Å². The van der Waals surface area contributed by atoms with Gasteiger partial charge in [-0.05, 0) is 57.0 Å². The highest BCUT2D eigenvalue weighted by Gasteiger charge is 2.34. The SMILES string of the molecule is Cc1ccc(S(=O)(=O)N(CC(=O)N(Cc2ccccc2F)C(C)C(=O)NC2CCCCC2)c2ccccc2Cl)cc1. The summed E-state index contributed by atoms with van der Waals surface area (Å²) in [5, 5.41) is 3.17. The highest BCUT2D eigenvalue weighted by molar-refractivity contribution is 7.92. The number of nitrogens with zero attached hydrogens (tertiary/aromatic N) is 2. The summed E-state index contributed by atoms with van der Waals surface area (Å²) in [4.78, 5) is 28.6. The Morgan fingerprint density at radius 2 is 1.61 bits per heavy atom. The fourth-order valence-electron chi connectivity index (χ4n) is 4.97. The van der Waals surface area contributed by atoms with Crippen LogP contribution in [0.15, 0.2) is 77.7 Å². The van der Waals surface area contributed by atoms with Crippen LogP contribution in [0, 0.1) is 12.7 Å². The summed E-state index contributed by atoms with van der Waals surface area (Å²) in [6.07, 6.45) is 4.86. The molecule has 1 N–H and O–H groups in total. The second-order valence-corrected chi connectivity index (χ2v) is 12.7. The normalized spacial score (nSPS) is 14.7. The van der Waals surface area contributed by atoms with E-state index in [-0.39, 0.29) is 39.7 Å². The van der Waals surface area contributed by atoms with E-state index in [0.717, 1.165) is 42.0 Å². The summed E-state index contributed by atoms with van der Waals surface area (Å²) in [6, 6.07) is 17.6. The minimum atomic E-state index is -4.24. The van der Waals surface area contributed by atoms with E-state index >= 15 is 0 Å². The van der Waals surface area contributed by atoms with Crippen LogP contribution in [0.3, 0.4) is 0 Å². The minimum Gasteiger partial charge on any atom is -0.352 e. The molecule has 41 heavy (non-hydrogen) atoms. The van der Waals surface area contributed by atoms with E-state index < -0.39 is 34.3 Å². The van der Waals surface area contributed by atoms with Crippen molar-refractivity contribution >= 4 is 39.1 Å². The Hall–Kier alpha value is -3.43. The van der Waals surface area contributed by atoms with E-state index in [1.807, 2.05) is 6.92 Å². The molecule has 10 heteroatoms. The van der Waals surface area contributed by atoms with Crippen molar-refractivity contribution < 1.29 is 22.4 Å². The van der Waals surface area contributed by atoms with Crippen molar-refractivity contribution in [2.24, 2.45) is 0 Å². The third kappa shape index (κ3) is 7.45. The van der Waals surface area contributed by atoms with Gasteiger partial charge in [0.25, 0.3) is 10.0 Å². The molecule has 3 aromatic rings. The number of carbonyl (C=O) groups excluding carboxylic acids is 2. The van der Waals surface area contributed by atoms with E-state index in [4.69, 9.17) is 11.6 Å². The molecule has 0 bridgehead atoms. The van der Waals surface area contributed by atoms with Gasteiger partial charge in [-0.15, -0.1) is 0 Å². The maximum Gasteiger partial charge on any atom is 0.264 e. The quantitative estimate of drug-likeness (QED) is 0.317. The molecule has 0 radical (unpaired) electrons. The molecule has 1 unspecified atom stereocenters. The molecule has 0 aromatic heterocycles. The molecule has 1 aliphatic rings. The van der Waals surface area contributed by atoms with Gasteiger partial charge in [0.1, 0.15) is 18.4 Å². The molecule has 1 saturated carbocycles. The van der Waals surface area contributed by atoms with Gasteiger partial charge in [0.15, 0.2) is 0 Å². The Balaban J connectivity index is 1.69. The van der Waals surface area contributed by atoms with Gasteiger partial charge in [-0.3, -0.25) is 13.9 Å². The zero-order chi connectivity index (χ0) is 29.6. The molecule has 0 aliphatic heterocycles. The van der Waals surface area contributed by atoms with Gasteiger partial charge in [-0.1, -0.05) is 78.9 Å². The van der Waals surface area contributed by atoms with Gasteiger partial charge in [-0.25, -0.2) is 12.8 Å². The number of anilines is 1. The monoisotopic (exact) mass is 599 g/mol. The Bertz CT molecular complexity index is 1480. The first kappa shape index (κ1) is 30.5. The number of sulfonamides is 1. The largest absolute Gasteiger partial charge is 0.352 e. The number of aryl methyl sites for hydroxylation is 1. The Labute approximate surface area is 246 Å². The smallest absolute Gasteiger partial charge is 0.264 e. The fourth-order valence-corrected chi connectivity index (χ4v) is 6.69. The number of amides is 2. The zero-order valence-corrected chi connectivity index (χ0v) is 24.8. The lowest BCUT2D eigenvalue weighted by atomic mass is 9.95. The van der Waals surface area contributed by atoms with E-state index in [2.05, 4.69) is 5.32 Å². The maximum absolute atomic E-state index is 14.7. The zero-order valence-electron chi connectivity index (χ0n) is 23.2. The van der Waals surface area contributed by atoms with Gasteiger partial charge in [0.2, 0.25) is 11.8 Å². The molecular weight excluding hydrogens is 565 g/mol. The third-order valence-corrected chi connectivity index (χ3v) is 9.52.